The minimum Gasteiger partial charge on any atom is -0.496 e. The average Bonchev–Trinajstić information content (AvgIpc) is 2.99. The summed E-state index contributed by atoms with van der Waals surface area (Å²) < 4.78 is 5.26. The SMILES string of the molecule is COc1ccccc1C(=O)Nc1ccc2c(c1)Cc1ccccc1-2. The molecular weight excluding hydrogens is 298 g/mol. The van der Waals surface area contributed by atoms with E-state index < -0.39 is 0 Å². The Morgan fingerprint density at radius 3 is 2.54 bits per heavy atom. The molecule has 3 aromatic carbocycles. The second kappa shape index (κ2) is 5.85. The van der Waals surface area contributed by atoms with E-state index in [2.05, 4.69) is 41.7 Å². The van der Waals surface area contributed by atoms with Crippen LogP contribution in [0.1, 0.15) is 21.5 Å². The van der Waals surface area contributed by atoms with E-state index in [0.717, 1.165) is 12.1 Å². The molecule has 0 atom stereocenters. The fourth-order valence-corrected chi connectivity index (χ4v) is 3.25. The van der Waals surface area contributed by atoms with Gasteiger partial charge in [-0.15, -0.1) is 0 Å². The predicted molar refractivity (Wildman–Crippen MR) is 95.6 cm³/mol. The van der Waals surface area contributed by atoms with Crippen molar-refractivity contribution in [3.63, 3.8) is 0 Å². The van der Waals surface area contributed by atoms with Crippen molar-refractivity contribution in [2.45, 2.75) is 6.42 Å². The number of methoxy groups -OCH3 is 1. The quantitative estimate of drug-likeness (QED) is 0.603. The number of fused-ring (bicyclic) bond motifs is 3. The standard InChI is InChI=1S/C21H17NO2/c1-24-20-9-5-4-8-19(20)21(23)22-16-10-11-18-15(13-16)12-14-6-2-3-7-17(14)18/h2-11,13H,12H2,1H3,(H,22,23). The Morgan fingerprint density at radius 2 is 1.67 bits per heavy atom. The monoisotopic (exact) mass is 315 g/mol. The molecule has 0 saturated carbocycles. The molecule has 0 spiro atoms. The molecule has 0 saturated heterocycles. The van der Waals surface area contributed by atoms with Crippen LogP contribution in [0.4, 0.5) is 5.69 Å². The van der Waals surface area contributed by atoms with Crippen LogP contribution in [0.2, 0.25) is 0 Å². The fraction of sp³-hybridized carbons (Fsp3) is 0.0952. The van der Waals surface area contributed by atoms with Gasteiger partial charge in [-0.25, -0.2) is 0 Å². The summed E-state index contributed by atoms with van der Waals surface area (Å²) in [4.78, 5) is 12.5. The molecule has 0 unspecified atom stereocenters. The van der Waals surface area contributed by atoms with Crippen LogP contribution in [0.25, 0.3) is 11.1 Å². The zero-order chi connectivity index (χ0) is 16.5. The predicted octanol–water partition coefficient (Wildman–Crippen LogP) is 4.52. The number of nitrogens with one attached hydrogen (secondary N) is 1. The summed E-state index contributed by atoms with van der Waals surface area (Å²) in [5.41, 5.74) is 6.45. The Labute approximate surface area is 140 Å². The number of rotatable bonds is 3. The summed E-state index contributed by atoms with van der Waals surface area (Å²) in [5.74, 6) is 0.409. The van der Waals surface area contributed by atoms with Gasteiger partial charge in [-0.2, -0.15) is 0 Å². The van der Waals surface area contributed by atoms with Gasteiger partial charge in [0.1, 0.15) is 5.75 Å². The molecule has 0 aliphatic heterocycles. The van der Waals surface area contributed by atoms with Gasteiger partial charge in [-0.3, -0.25) is 4.79 Å². The number of ether oxygens (including phenoxy) is 1. The molecule has 24 heavy (non-hydrogen) atoms. The van der Waals surface area contributed by atoms with Crippen LogP contribution < -0.4 is 10.1 Å². The number of benzene rings is 3. The normalized spacial score (nSPS) is 11.5. The van der Waals surface area contributed by atoms with Crippen molar-refractivity contribution in [1.82, 2.24) is 0 Å². The van der Waals surface area contributed by atoms with Crippen LogP contribution in [-0.2, 0) is 6.42 Å². The number of carbonyl (C=O) groups is 1. The van der Waals surface area contributed by atoms with E-state index in [1.54, 1.807) is 19.2 Å². The van der Waals surface area contributed by atoms with E-state index in [4.69, 9.17) is 4.74 Å². The Hall–Kier alpha value is -3.07. The molecule has 1 amide bonds. The smallest absolute Gasteiger partial charge is 0.259 e. The first-order valence-corrected chi connectivity index (χ1v) is 7.92. The van der Waals surface area contributed by atoms with Crippen molar-refractivity contribution in [1.29, 1.82) is 0 Å². The summed E-state index contributed by atoms with van der Waals surface area (Å²) in [5, 5.41) is 2.97. The lowest BCUT2D eigenvalue weighted by Gasteiger charge is -2.10. The zero-order valence-electron chi connectivity index (χ0n) is 13.4. The summed E-state index contributed by atoms with van der Waals surface area (Å²) in [7, 11) is 1.57. The highest BCUT2D eigenvalue weighted by Crippen LogP contribution is 2.37. The minimum atomic E-state index is -0.164. The summed E-state index contributed by atoms with van der Waals surface area (Å²) in [6, 6.07) is 21.7. The number of carbonyl (C=O) groups excluding carboxylic acids is 1. The number of anilines is 1. The molecule has 0 bridgehead atoms. The molecule has 0 heterocycles. The van der Waals surface area contributed by atoms with Gasteiger partial charge < -0.3 is 10.1 Å². The molecule has 1 aliphatic rings. The van der Waals surface area contributed by atoms with Gasteiger partial charge in [-0.1, -0.05) is 42.5 Å². The van der Waals surface area contributed by atoms with E-state index in [1.165, 1.54) is 22.3 Å². The molecule has 0 fully saturated rings. The van der Waals surface area contributed by atoms with Crippen LogP contribution in [0.5, 0.6) is 5.75 Å². The van der Waals surface area contributed by atoms with Crippen LogP contribution in [-0.4, -0.2) is 13.0 Å². The third-order valence-corrected chi connectivity index (χ3v) is 4.40. The van der Waals surface area contributed by atoms with Crippen molar-refractivity contribution in [3.05, 3.63) is 83.4 Å². The topological polar surface area (TPSA) is 38.3 Å². The Kier molecular flexibility index (Phi) is 3.54. The maximum absolute atomic E-state index is 12.5. The largest absolute Gasteiger partial charge is 0.496 e. The van der Waals surface area contributed by atoms with Crippen LogP contribution in [0, 0.1) is 0 Å². The highest BCUT2D eigenvalue weighted by Gasteiger charge is 2.19. The van der Waals surface area contributed by atoms with Gasteiger partial charge in [0.2, 0.25) is 0 Å². The van der Waals surface area contributed by atoms with Crippen LogP contribution in [0.3, 0.4) is 0 Å². The number of amides is 1. The third-order valence-electron chi connectivity index (χ3n) is 4.40. The maximum atomic E-state index is 12.5. The molecule has 0 aromatic heterocycles. The van der Waals surface area contributed by atoms with Crippen molar-refractivity contribution >= 4 is 11.6 Å². The molecule has 0 radical (unpaired) electrons. The molecular formula is C21H17NO2. The van der Waals surface area contributed by atoms with Crippen LogP contribution >= 0.6 is 0 Å². The molecule has 3 aromatic rings. The third kappa shape index (κ3) is 2.44. The first-order valence-electron chi connectivity index (χ1n) is 7.92. The van der Waals surface area contributed by atoms with E-state index in [9.17, 15) is 4.79 Å². The molecule has 4 rings (SSSR count). The lowest BCUT2D eigenvalue weighted by atomic mass is 10.1. The average molecular weight is 315 g/mol. The summed E-state index contributed by atoms with van der Waals surface area (Å²) >= 11 is 0. The van der Waals surface area contributed by atoms with Gasteiger partial charge in [0.05, 0.1) is 12.7 Å². The summed E-state index contributed by atoms with van der Waals surface area (Å²) in [6.45, 7) is 0. The highest BCUT2D eigenvalue weighted by atomic mass is 16.5. The van der Waals surface area contributed by atoms with Gasteiger partial charge >= 0.3 is 0 Å². The fourth-order valence-electron chi connectivity index (χ4n) is 3.25. The Balaban J connectivity index is 1.61. The van der Waals surface area contributed by atoms with Gasteiger partial charge in [0.15, 0.2) is 0 Å². The lowest BCUT2D eigenvalue weighted by molar-refractivity contribution is 0.102. The molecule has 3 heteroatoms. The molecule has 1 aliphatic carbocycles. The zero-order valence-corrected chi connectivity index (χ0v) is 13.4. The second-order valence-electron chi connectivity index (χ2n) is 5.86. The van der Waals surface area contributed by atoms with Crippen molar-refractivity contribution in [3.8, 4) is 16.9 Å². The van der Waals surface area contributed by atoms with Crippen molar-refractivity contribution < 1.29 is 9.53 Å². The maximum Gasteiger partial charge on any atom is 0.259 e. The van der Waals surface area contributed by atoms with Crippen LogP contribution in [0.15, 0.2) is 66.7 Å². The summed E-state index contributed by atoms with van der Waals surface area (Å²) in [6.07, 6.45) is 0.907. The number of para-hydroxylation sites is 1. The first kappa shape index (κ1) is 14.5. The number of hydrogen-bond acceptors (Lipinski definition) is 2. The Morgan fingerprint density at radius 1 is 0.917 bits per heavy atom. The number of hydrogen-bond donors (Lipinski definition) is 1. The lowest BCUT2D eigenvalue weighted by Crippen LogP contribution is -2.13. The van der Waals surface area contributed by atoms with E-state index in [-0.39, 0.29) is 5.91 Å². The van der Waals surface area contributed by atoms with E-state index >= 15 is 0 Å². The van der Waals surface area contributed by atoms with Gasteiger partial charge in [0.25, 0.3) is 5.91 Å². The van der Waals surface area contributed by atoms with E-state index in [1.807, 2.05) is 18.2 Å². The Bertz CT molecular complexity index is 931. The second-order valence-corrected chi connectivity index (χ2v) is 5.86. The van der Waals surface area contributed by atoms with Crippen molar-refractivity contribution in [2.75, 3.05) is 12.4 Å². The molecule has 118 valence electrons. The molecule has 1 N–H and O–H groups in total. The van der Waals surface area contributed by atoms with E-state index in [0.29, 0.717) is 11.3 Å². The highest BCUT2D eigenvalue weighted by molar-refractivity contribution is 6.06. The van der Waals surface area contributed by atoms with Gasteiger partial charge in [-0.05, 0) is 52.9 Å². The molecule has 3 nitrogen and oxygen atoms in total. The first-order chi connectivity index (χ1) is 11.8. The van der Waals surface area contributed by atoms with Gasteiger partial charge in [0, 0.05) is 5.69 Å². The minimum absolute atomic E-state index is 0.164. The van der Waals surface area contributed by atoms with Crippen molar-refractivity contribution in [2.24, 2.45) is 0 Å².